The first-order valence-electron chi connectivity index (χ1n) is 4.50. The Kier molecular flexibility index (Phi) is 1.80. The fourth-order valence-corrected chi connectivity index (χ4v) is 1.84. The van der Waals surface area contributed by atoms with Gasteiger partial charge in [0.15, 0.2) is 0 Å². The Hall–Kier alpha value is -0.980. The van der Waals surface area contributed by atoms with E-state index >= 15 is 0 Å². The molecule has 0 spiro atoms. The summed E-state index contributed by atoms with van der Waals surface area (Å²) in [7, 11) is 0. The molecule has 0 amide bonds. The summed E-state index contributed by atoms with van der Waals surface area (Å²) in [4.78, 5) is 0. The van der Waals surface area contributed by atoms with Crippen LogP contribution in [0.25, 0.3) is 0 Å². The third-order valence-corrected chi connectivity index (χ3v) is 2.41. The zero-order chi connectivity index (χ0) is 8.55. The molecule has 0 radical (unpaired) electrons. The highest BCUT2D eigenvalue weighted by molar-refractivity contribution is 5.43. The van der Waals surface area contributed by atoms with Gasteiger partial charge in [-0.2, -0.15) is 0 Å². The molecule has 0 unspecified atom stereocenters. The maximum absolute atomic E-state index is 5.59. The van der Waals surface area contributed by atoms with Gasteiger partial charge in [-0.05, 0) is 49.4 Å². The third-order valence-electron chi connectivity index (χ3n) is 2.41. The number of rotatable bonds is 0. The van der Waals surface area contributed by atoms with Gasteiger partial charge in [0.05, 0.1) is 6.61 Å². The molecule has 12 heavy (non-hydrogen) atoms. The maximum atomic E-state index is 5.59. The molecule has 1 heteroatoms. The Bertz CT molecular complexity index is 302. The lowest BCUT2D eigenvalue weighted by atomic mass is 9.99. The Morgan fingerprint density at radius 2 is 2.08 bits per heavy atom. The molecular formula is C11H14O. The quantitative estimate of drug-likeness (QED) is 0.569. The number of benzene rings is 1. The van der Waals surface area contributed by atoms with Gasteiger partial charge in [-0.25, -0.2) is 0 Å². The van der Waals surface area contributed by atoms with Crippen molar-refractivity contribution in [2.75, 3.05) is 6.61 Å². The number of fused-ring (bicyclic) bond motifs is 1. The summed E-state index contributed by atoms with van der Waals surface area (Å²) in [5.41, 5.74) is 4.09. The zero-order valence-electron chi connectivity index (χ0n) is 7.68. The second-order valence-corrected chi connectivity index (χ2v) is 3.51. The van der Waals surface area contributed by atoms with Crippen molar-refractivity contribution in [3.63, 3.8) is 0 Å². The molecule has 0 aromatic heterocycles. The van der Waals surface area contributed by atoms with E-state index in [0.717, 1.165) is 18.8 Å². The molecule has 1 heterocycles. The van der Waals surface area contributed by atoms with E-state index in [1.165, 1.54) is 23.1 Å². The summed E-state index contributed by atoms with van der Waals surface area (Å²) in [5.74, 6) is 1.11. The lowest BCUT2D eigenvalue weighted by Gasteiger charge is -2.19. The van der Waals surface area contributed by atoms with Crippen LogP contribution >= 0.6 is 0 Å². The van der Waals surface area contributed by atoms with Crippen LogP contribution in [0.2, 0.25) is 0 Å². The lowest BCUT2D eigenvalue weighted by molar-refractivity contribution is 0.287. The average molecular weight is 162 g/mol. The minimum Gasteiger partial charge on any atom is -0.493 e. The van der Waals surface area contributed by atoms with E-state index in [9.17, 15) is 0 Å². The first-order chi connectivity index (χ1) is 5.77. The predicted octanol–water partition coefficient (Wildman–Crippen LogP) is 2.63. The first kappa shape index (κ1) is 7.66. The summed E-state index contributed by atoms with van der Waals surface area (Å²) < 4.78 is 5.59. The standard InChI is InChI=1S/C11H14O/c1-8-6-9(2)10-4-3-5-12-11(10)7-8/h6-7H,3-5H2,1-2H3. The van der Waals surface area contributed by atoms with Gasteiger partial charge < -0.3 is 4.74 Å². The highest BCUT2D eigenvalue weighted by atomic mass is 16.5. The minimum absolute atomic E-state index is 0.885. The minimum atomic E-state index is 0.885. The number of hydrogen-bond donors (Lipinski definition) is 0. The van der Waals surface area contributed by atoms with E-state index in [4.69, 9.17) is 4.74 Å². The summed E-state index contributed by atoms with van der Waals surface area (Å²) in [6.07, 6.45) is 2.35. The van der Waals surface area contributed by atoms with Crippen LogP contribution in [0.5, 0.6) is 5.75 Å². The Balaban J connectivity index is 2.53. The van der Waals surface area contributed by atoms with Gasteiger partial charge in [-0.1, -0.05) is 6.07 Å². The Morgan fingerprint density at radius 3 is 2.92 bits per heavy atom. The van der Waals surface area contributed by atoms with Crippen molar-refractivity contribution in [2.24, 2.45) is 0 Å². The van der Waals surface area contributed by atoms with Gasteiger partial charge in [0, 0.05) is 0 Å². The van der Waals surface area contributed by atoms with Crippen molar-refractivity contribution in [3.8, 4) is 5.75 Å². The smallest absolute Gasteiger partial charge is 0.123 e. The Morgan fingerprint density at radius 1 is 1.25 bits per heavy atom. The highest BCUT2D eigenvalue weighted by Crippen LogP contribution is 2.28. The number of aryl methyl sites for hydroxylation is 2. The number of hydrogen-bond acceptors (Lipinski definition) is 1. The van der Waals surface area contributed by atoms with E-state index in [2.05, 4.69) is 26.0 Å². The molecule has 1 nitrogen and oxygen atoms in total. The molecule has 1 aliphatic heterocycles. The molecule has 1 aliphatic rings. The van der Waals surface area contributed by atoms with Crippen LogP contribution in [-0.4, -0.2) is 6.61 Å². The van der Waals surface area contributed by atoms with Crippen LogP contribution < -0.4 is 4.74 Å². The van der Waals surface area contributed by atoms with Crippen LogP contribution in [0.1, 0.15) is 23.1 Å². The molecule has 0 fully saturated rings. The van der Waals surface area contributed by atoms with Gasteiger partial charge >= 0.3 is 0 Å². The van der Waals surface area contributed by atoms with E-state index in [1.54, 1.807) is 0 Å². The lowest BCUT2D eigenvalue weighted by Crippen LogP contribution is -2.09. The van der Waals surface area contributed by atoms with Crippen molar-refractivity contribution in [2.45, 2.75) is 26.7 Å². The fraction of sp³-hybridized carbons (Fsp3) is 0.455. The van der Waals surface area contributed by atoms with Gasteiger partial charge in [0.1, 0.15) is 5.75 Å². The SMILES string of the molecule is Cc1cc(C)c2c(c1)OCCC2. The second kappa shape index (κ2) is 2.81. The van der Waals surface area contributed by atoms with E-state index in [-0.39, 0.29) is 0 Å². The molecule has 1 aromatic carbocycles. The van der Waals surface area contributed by atoms with Gasteiger partial charge in [-0.15, -0.1) is 0 Å². The van der Waals surface area contributed by atoms with Crippen molar-refractivity contribution in [1.29, 1.82) is 0 Å². The molecule has 0 saturated carbocycles. The molecular weight excluding hydrogens is 148 g/mol. The van der Waals surface area contributed by atoms with Gasteiger partial charge in [0.25, 0.3) is 0 Å². The topological polar surface area (TPSA) is 9.23 Å². The third kappa shape index (κ3) is 1.20. The van der Waals surface area contributed by atoms with Crippen molar-refractivity contribution in [3.05, 3.63) is 28.8 Å². The molecule has 2 rings (SSSR count). The highest BCUT2D eigenvalue weighted by Gasteiger charge is 2.12. The first-order valence-corrected chi connectivity index (χ1v) is 4.50. The zero-order valence-corrected chi connectivity index (χ0v) is 7.68. The van der Waals surface area contributed by atoms with Crippen molar-refractivity contribution in [1.82, 2.24) is 0 Å². The molecule has 0 N–H and O–H groups in total. The van der Waals surface area contributed by atoms with Crippen molar-refractivity contribution < 1.29 is 4.74 Å². The molecule has 0 saturated heterocycles. The van der Waals surface area contributed by atoms with Gasteiger partial charge in [-0.3, -0.25) is 0 Å². The van der Waals surface area contributed by atoms with Crippen LogP contribution in [0.3, 0.4) is 0 Å². The van der Waals surface area contributed by atoms with Crippen LogP contribution in [0.15, 0.2) is 12.1 Å². The predicted molar refractivity (Wildman–Crippen MR) is 49.7 cm³/mol. The van der Waals surface area contributed by atoms with Crippen LogP contribution in [0.4, 0.5) is 0 Å². The molecule has 64 valence electrons. The van der Waals surface area contributed by atoms with E-state index in [1.807, 2.05) is 0 Å². The largest absolute Gasteiger partial charge is 0.493 e. The molecule has 1 aromatic rings. The maximum Gasteiger partial charge on any atom is 0.123 e. The molecule has 0 bridgehead atoms. The monoisotopic (exact) mass is 162 g/mol. The van der Waals surface area contributed by atoms with Crippen LogP contribution in [0, 0.1) is 13.8 Å². The fourth-order valence-electron chi connectivity index (χ4n) is 1.84. The van der Waals surface area contributed by atoms with E-state index < -0.39 is 0 Å². The summed E-state index contributed by atoms with van der Waals surface area (Å²) in [6.45, 7) is 5.17. The average Bonchev–Trinajstić information content (AvgIpc) is 2.04. The Labute approximate surface area is 73.4 Å². The summed E-state index contributed by atoms with van der Waals surface area (Å²) in [5, 5.41) is 0. The molecule has 0 atom stereocenters. The normalized spacial score (nSPS) is 15.2. The second-order valence-electron chi connectivity index (χ2n) is 3.51. The van der Waals surface area contributed by atoms with E-state index in [0.29, 0.717) is 0 Å². The number of ether oxygens (including phenoxy) is 1. The van der Waals surface area contributed by atoms with Crippen molar-refractivity contribution >= 4 is 0 Å². The van der Waals surface area contributed by atoms with Crippen LogP contribution in [-0.2, 0) is 6.42 Å². The summed E-state index contributed by atoms with van der Waals surface area (Å²) in [6, 6.07) is 4.37. The molecule has 0 aliphatic carbocycles. The van der Waals surface area contributed by atoms with Gasteiger partial charge in [0.2, 0.25) is 0 Å². The summed E-state index contributed by atoms with van der Waals surface area (Å²) >= 11 is 0.